The second-order valence-corrected chi connectivity index (χ2v) is 6.27. The number of carbonyl (C=O) groups excluding carboxylic acids is 2. The molecule has 2 aromatic carbocycles. The number of hydrogen-bond donors (Lipinski definition) is 1. The molecule has 0 aliphatic carbocycles. The summed E-state index contributed by atoms with van der Waals surface area (Å²) in [4.78, 5) is 30.9. The summed E-state index contributed by atoms with van der Waals surface area (Å²) in [6, 6.07) is 20.5. The van der Waals surface area contributed by atoms with E-state index in [0.29, 0.717) is 11.1 Å². The first-order valence-corrected chi connectivity index (χ1v) is 8.70. The zero-order valence-corrected chi connectivity index (χ0v) is 15.3. The SMILES string of the molecule is CC(NC(=O)c1cncc(C(=O)N(C)c2ccccc2)c1)c1ccccc1. The quantitative estimate of drug-likeness (QED) is 0.753. The lowest BCUT2D eigenvalue weighted by atomic mass is 10.1. The summed E-state index contributed by atoms with van der Waals surface area (Å²) in [5.74, 6) is -0.490. The largest absolute Gasteiger partial charge is 0.345 e. The van der Waals surface area contributed by atoms with Gasteiger partial charge < -0.3 is 10.2 Å². The van der Waals surface area contributed by atoms with E-state index in [-0.39, 0.29) is 17.9 Å². The van der Waals surface area contributed by atoms with Crippen LogP contribution in [0.4, 0.5) is 5.69 Å². The first-order chi connectivity index (χ1) is 13.1. The first kappa shape index (κ1) is 18.3. The molecule has 0 saturated heterocycles. The maximum Gasteiger partial charge on any atom is 0.259 e. The van der Waals surface area contributed by atoms with Crippen molar-refractivity contribution in [3.63, 3.8) is 0 Å². The predicted molar refractivity (Wildman–Crippen MR) is 106 cm³/mol. The minimum absolute atomic E-state index is 0.148. The van der Waals surface area contributed by atoms with E-state index in [4.69, 9.17) is 0 Å². The normalized spacial score (nSPS) is 11.5. The van der Waals surface area contributed by atoms with Crippen LogP contribution in [-0.4, -0.2) is 23.8 Å². The molecule has 1 unspecified atom stereocenters. The Morgan fingerprint density at radius 1 is 0.926 bits per heavy atom. The Balaban J connectivity index is 1.75. The van der Waals surface area contributed by atoms with Gasteiger partial charge in [-0.1, -0.05) is 48.5 Å². The molecule has 0 radical (unpaired) electrons. The summed E-state index contributed by atoms with van der Waals surface area (Å²) in [5.41, 5.74) is 2.50. The van der Waals surface area contributed by atoms with Crippen molar-refractivity contribution >= 4 is 17.5 Å². The van der Waals surface area contributed by atoms with E-state index in [1.165, 1.54) is 17.3 Å². The highest BCUT2D eigenvalue weighted by Crippen LogP contribution is 2.16. The molecule has 0 bridgehead atoms. The van der Waals surface area contributed by atoms with Crippen molar-refractivity contribution in [2.24, 2.45) is 0 Å². The van der Waals surface area contributed by atoms with E-state index in [1.54, 1.807) is 13.1 Å². The number of hydrogen-bond acceptors (Lipinski definition) is 3. The Bertz CT molecular complexity index is 927. The van der Waals surface area contributed by atoms with Gasteiger partial charge in [0.15, 0.2) is 0 Å². The molecule has 0 saturated carbocycles. The Labute approximate surface area is 158 Å². The van der Waals surface area contributed by atoms with Gasteiger partial charge in [-0.15, -0.1) is 0 Å². The fourth-order valence-corrected chi connectivity index (χ4v) is 2.75. The van der Waals surface area contributed by atoms with E-state index >= 15 is 0 Å². The third kappa shape index (κ3) is 4.39. The van der Waals surface area contributed by atoms with E-state index in [0.717, 1.165) is 11.3 Å². The third-order valence-corrected chi connectivity index (χ3v) is 4.34. The lowest BCUT2D eigenvalue weighted by molar-refractivity contribution is 0.0939. The van der Waals surface area contributed by atoms with Gasteiger partial charge in [-0.3, -0.25) is 14.6 Å². The molecule has 0 aliphatic rings. The lowest BCUT2D eigenvalue weighted by Gasteiger charge is -2.18. The number of nitrogens with one attached hydrogen (secondary N) is 1. The standard InChI is InChI=1S/C22H21N3O2/c1-16(17-9-5-3-6-10-17)24-21(26)18-13-19(15-23-14-18)22(27)25(2)20-11-7-4-8-12-20/h3-16H,1-2H3,(H,24,26). The highest BCUT2D eigenvalue weighted by atomic mass is 16.2. The topological polar surface area (TPSA) is 62.3 Å². The predicted octanol–water partition coefficient (Wildman–Crippen LogP) is 3.85. The molecule has 1 N–H and O–H groups in total. The number of para-hydroxylation sites is 1. The Morgan fingerprint density at radius 3 is 2.19 bits per heavy atom. The molecule has 3 aromatic rings. The summed E-state index contributed by atoms with van der Waals surface area (Å²) in [6.07, 6.45) is 2.94. The van der Waals surface area contributed by atoms with Gasteiger partial charge >= 0.3 is 0 Å². The summed E-state index contributed by atoms with van der Waals surface area (Å²) in [5, 5.41) is 2.94. The summed E-state index contributed by atoms with van der Waals surface area (Å²) < 4.78 is 0. The Hall–Kier alpha value is -3.47. The molecule has 0 aliphatic heterocycles. The average Bonchev–Trinajstić information content (AvgIpc) is 2.74. The Morgan fingerprint density at radius 2 is 1.52 bits per heavy atom. The van der Waals surface area contributed by atoms with Gasteiger partial charge in [0.2, 0.25) is 0 Å². The molecular formula is C22H21N3O2. The smallest absolute Gasteiger partial charge is 0.259 e. The molecular weight excluding hydrogens is 338 g/mol. The number of nitrogens with zero attached hydrogens (tertiary/aromatic N) is 2. The Kier molecular flexibility index (Phi) is 5.61. The van der Waals surface area contributed by atoms with Crippen molar-refractivity contribution in [2.45, 2.75) is 13.0 Å². The lowest BCUT2D eigenvalue weighted by Crippen LogP contribution is -2.29. The molecule has 0 spiro atoms. The number of benzene rings is 2. The number of pyridine rings is 1. The maximum absolute atomic E-state index is 12.7. The van der Waals surface area contributed by atoms with Crippen molar-refractivity contribution in [2.75, 3.05) is 11.9 Å². The number of aromatic nitrogens is 1. The molecule has 1 atom stereocenters. The third-order valence-electron chi connectivity index (χ3n) is 4.34. The molecule has 5 nitrogen and oxygen atoms in total. The van der Waals surface area contributed by atoms with Crippen LogP contribution in [-0.2, 0) is 0 Å². The number of rotatable bonds is 5. The molecule has 5 heteroatoms. The molecule has 27 heavy (non-hydrogen) atoms. The van der Waals surface area contributed by atoms with Gasteiger partial charge in [0, 0.05) is 25.1 Å². The van der Waals surface area contributed by atoms with Crippen molar-refractivity contribution in [1.82, 2.24) is 10.3 Å². The van der Waals surface area contributed by atoms with Gasteiger partial charge in [0.25, 0.3) is 11.8 Å². The minimum atomic E-state index is -0.268. The summed E-state index contributed by atoms with van der Waals surface area (Å²) in [6.45, 7) is 1.92. The van der Waals surface area contributed by atoms with E-state index < -0.39 is 0 Å². The van der Waals surface area contributed by atoms with Gasteiger partial charge in [-0.2, -0.15) is 0 Å². The molecule has 2 amide bonds. The number of anilines is 1. The minimum Gasteiger partial charge on any atom is -0.345 e. The van der Waals surface area contributed by atoms with Crippen LogP contribution in [0, 0.1) is 0 Å². The van der Waals surface area contributed by atoms with Crippen LogP contribution in [0.3, 0.4) is 0 Å². The first-order valence-electron chi connectivity index (χ1n) is 8.70. The highest BCUT2D eigenvalue weighted by molar-refractivity contribution is 6.07. The molecule has 136 valence electrons. The van der Waals surface area contributed by atoms with E-state index in [2.05, 4.69) is 10.3 Å². The van der Waals surface area contributed by atoms with Crippen molar-refractivity contribution < 1.29 is 9.59 Å². The fourth-order valence-electron chi connectivity index (χ4n) is 2.75. The zero-order valence-electron chi connectivity index (χ0n) is 15.3. The van der Waals surface area contributed by atoms with Crippen LogP contribution in [0.5, 0.6) is 0 Å². The van der Waals surface area contributed by atoms with Crippen LogP contribution in [0.15, 0.2) is 79.1 Å². The highest BCUT2D eigenvalue weighted by Gasteiger charge is 2.17. The van der Waals surface area contributed by atoms with Crippen LogP contribution >= 0.6 is 0 Å². The van der Waals surface area contributed by atoms with Gasteiger partial charge in [-0.05, 0) is 30.7 Å². The van der Waals surface area contributed by atoms with Crippen LogP contribution in [0.25, 0.3) is 0 Å². The van der Waals surface area contributed by atoms with Gasteiger partial charge in [-0.25, -0.2) is 0 Å². The van der Waals surface area contributed by atoms with Crippen molar-refractivity contribution in [3.05, 3.63) is 95.8 Å². The molecule has 0 fully saturated rings. The van der Waals surface area contributed by atoms with E-state index in [1.807, 2.05) is 67.6 Å². The van der Waals surface area contributed by atoms with Crippen molar-refractivity contribution in [1.29, 1.82) is 0 Å². The molecule has 1 aromatic heterocycles. The number of carbonyl (C=O) groups is 2. The molecule has 1 heterocycles. The fraction of sp³-hybridized carbons (Fsp3) is 0.136. The maximum atomic E-state index is 12.7. The molecule has 3 rings (SSSR count). The second kappa shape index (κ2) is 8.27. The second-order valence-electron chi connectivity index (χ2n) is 6.27. The van der Waals surface area contributed by atoms with Crippen molar-refractivity contribution in [3.8, 4) is 0 Å². The average molecular weight is 359 g/mol. The summed E-state index contributed by atoms with van der Waals surface area (Å²) >= 11 is 0. The van der Waals surface area contributed by atoms with Gasteiger partial charge in [0.05, 0.1) is 17.2 Å². The van der Waals surface area contributed by atoms with Crippen LogP contribution in [0.2, 0.25) is 0 Å². The number of amides is 2. The van der Waals surface area contributed by atoms with Crippen LogP contribution in [0.1, 0.15) is 39.2 Å². The summed E-state index contributed by atoms with van der Waals surface area (Å²) in [7, 11) is 1.70. The van der Waals surface area contributed by atoms with E-state index in [9.17, 15) is 9.59 Å². The van der Waals surface area contributed by atoms with Gasteiger partial charge in [0.1, 0.15) is 0 Å². The monoisotopic (exact) mass is 359 g/mol. The van der Waals surface area contributed by atoms with Crippen LogP contribution < -0.4 is 10.2 Å². The zero-order chi connectivity index (χ0) is 19.2.